The van der Waals surface area contributed by atoms with Crippen LogP contribution in [0.15, 0.2) is 18.2 Å². The topological polar surface area (TPSA) is 36.3 Å². The van der Waals surface area contributed by atoms with Crippen molar-refractivity contribution in [2.75, 3.05) is 26.3 Å². The van der Waals surface area contributed by atoms with E-state index in [0.29, 0.717) is 0 Å². The number of hydrogen-bond donors (Lipinski definition) is 0. The monoisotopic (exact) mass is 258 g/mol. The molecule has 0 aliphatic carbocycles. The van der Waals surface area contributed by atoms with Crippen molar-refractivity contribution in [1.29, 1.82) is 5.26 Å². The fraction of sp³-hybridized carbons (Fsp3) is 0.562. The lowest BCUT2D eigenvalue weighted by molar-refractivity contribution is 0.0231. The molecule has 1 fully saturated rings. The summed E-state index contributed by atoms with van der Waals surface area (Å²) >= 11 is 0. The van der Waals surface area contributed by atoms with Crippen LogP contribution in [0.4, 0.5) is 0 Å². The van der Waals surface area contributed by atoms with Gasteiger partial charge in [0.1, 0.15) is 6.04 Å². The quantitative estimate of drug-likeness (QED) is 0.836. The van der Waals surface area contributed by atoms with Crippen molar-refractivity contribution in [2.24, 2.45) is 0 Å². The van der Waals surface area contributed by atoms with Gasteiger partial charge in [0, 0.05) is 19.0 Å². The third kappa shape index (κ3) is 3.15. The van der Waals surface area contributed by atoms with Crippen LogP contribution in [-0.2, 0) is 4.74 Å². The summed E-state index contributed by atoms with van der Waals surface area (Å²) < 4.78 is 5.36. The second kappa shape index (κ2) is 6.18. The maximum atomic E-state index is 9.50. The minimum Gasteiger partial charge on any atom is -0.379 e. The Hall–Kier alpha value is -1.37. The Morgan fingerprint density at radius 3 is 2.47 bits per heavy atom. The van der Waals surface area contributed by atoms with Crippen molar-refractivity contribution in [1.82, 2.24) is 4.90 Å². The number of nitriles is 1. The zero-order valence-corrected chi connectivity index (χ0v) is 12.0. The molecule has 1 saturated heterocycles. The number of rotatable bonds is 3. The molecule has 3 heteroatoms. The van der Waals surface area contributed by atoms with Crippen LogP contribution in [0.1, 0.15) is 29.5 Å². The number of ether oxygens (including phenoxy) is 1. The summed E-state index contributed by atoms with van der Waals surface area (Å²) in [7, 11) is 0. The van der Waals surface area contributed by atoms with Gasteiger partial charge in [0.2, 0.25) is 0 Å². The molecule has 0 radical (unpaired) electrons. The van der Waals surface area contributed by atoms with Crippen molar-refractivity contribution in [3.05, 3.63) is 34.9 Å². The van der Waals surface area contributed by atoms with Gasteiger partial charge in [-0.3, -0.25) is 4.90 Å². The molecule has 19 heavy (non-hydrogen) atoms. The molecule has 2 atom stereocenters. The second-order valence-electron chi connectivity index (χ2n) is 5.35. The molecule has 0 aromatic heterocycles. The summed E-state index contributed by atoms with van der Waals surface area (Å²) in [6.45, 7) is 9.57. The van der Waals surface area contributed by atoms with Crippen LogP contribution < -0.4 is 0 Å². The van der Waals surface area contributed by atoms with Gasteiger partial charge in [-0.05, 0) is 30.5 Å². The van der Waals surface area contributed by atoms with E-state index in [1.165, 1.54) is 16.7 Å². The summed E-state index contributed by atoms with van der Waals surface area (Å²) in [5.41, 5.74) is 3.85. The minimum absolute atomic E-state index is 0.0639. The van der Waals surface area contributed by atoms with Crippen molar-refractivity contribution in [2.45, 2.75) is 32.7 Å². The van der Waals surface area contributed by atoms with E-state index >= 15 is 0 Å². The Kier molecular flexibility index (Phi) is 4.57. The van der Waals surface area contributed by atoms with Crippen LogP contribution in [-0.4, -0.2) is 37.2 Å². The maximum absolute atomic E-state index is 9.50. The van der Waals surface area contributed by atoms with E-state index in [1.54, 1.807) is 0 Å². The summed E-state index contributed by atoms with van der Waals surface area (Å²) in [5.74, 6) is 0.224. The smallest absolute Gasteiger partial charge is 0.105 e. The first-order valence-electron chi connectivity index (χ1n) is 6.92. The highest BCUT2D eigenvalue weighted by atomic mass is 16.5. The molecule has 3 nitrogen and oxygen atoms in total. The number of aryl methyl sites for hydroxylation is 2. The van der Waals surface area contributed by atoms with E-state index in [1.807, 2.05) is 0 Å². The highest BCUT2D eigenvalue weighted by Gasteiger charge is 2.27. The average molecular weight is 258 g/mol. The lowest BCUT2D eigenvalue weighted by atomic mass is 9.90. The maximum Gasteiger partial charge on any atom is 0.105 e. The fourth-order valence-electron chi connectivity index (χ4n) is 2.60. The molecule has 102 valence electrons. The number of benzene rings is 1. The predicted octanol–water partition coefficient (Wildman–Crippen LogP) is 2.63. The van der Waals surface area contributed by atoms with E-state index in [9.17, 15) is 5.26 Å². The molecule has 0 amide bonds. The molecule has 0 bridgehead atoms. The number of morpholine rings is 1. The third-order valence-corrected chi connectivity index (χ3v) is 4.10. The van der Waals surface area contributed by atoms with Crippen molar-refractivity contribution >= 4 is 0 Å². The van der Waals surface area contributed by atoms with Crippen LogP contribution in [0, 0.1) is 25.2 Å². The van der Waals surface area contributed by atoms with Crippen molar-refractivity contribution < 1.29 is 4.74 Å². The Bertz CT molecular complexity index is 472. The molecule has 2 unspecified atom stereocenters. The van der Waals surface area contributed by atoms with E-state index in [-0.39, 0.29) is 12.0 Å². The average Bonchev–Trinajstić information content (AvgIpc) is 2.44. The Morgan fingerprint density at radius 1 is 1.21 bits per heavy atom. The van der Waals surface area contributed by atoms with Gasteiger partial charge < -0.3 is 4.74 Å². The molecule has 0 saturated carbocycles. The van der Waals surface area contributed by atoms with Crippen LogP contribution in [0.25, 0.3) is 0 Å². The van der Waals surface area contributed by atoms with Crippen LogP contribution in [0.2, 0.25) is 0 Å². The van der Waals surface area contributed by atoms with Crippen LogP contribution in [0.3, 0.4) is 0 Å². The zero-order valence-electron chi connectivity index (χ0n) is 12.0. The summed E-state index contributed by atoms with van der Waals surface area (Å²) in [5, 5.41) is 9.50. The Morgan fingerprint density at radius 2 is 1.89 bits per heavy atom. The molecule has 1 aliphatic rings. The highest BCUT2D eigenvalue weighted by molar-refractivity contribution is 5.33. The molecular formula is C16H22N2O. The Balaban J connectivity index is 2.17. The van der Waals surface area contributed by atoms with Gasteiger partial charge in [0.05, 0.1) is 19.3 Å². The summed E-state index contributed by atoms with van der Waals surface area (Å²) in [6.07, 6.45) is 0. The lowest BCUT2D eigenvalue weighted by Gasteiger charge is -2.34. The largest absolute Gasteiger partial charge is 0.379 e. The predicted molar refractivity (Wildman–Crippen MR) is 76.1 cm³/mol. The first kappa shape index (κ1) is 14.0. The third-order valence-electron chi connectivity index (χ3n) is 4.10. The SMILES string of the molecule is Cc1ccc(C(C)C(C#N)N2CCOCC2)cc1C. The number of hydrogen-bond acceptors (Lipinski definition) is 3. The molecule has 1 aromatic carbocycles. The van der Waals surface area contributed by atoms with Crippen LogP contribution >= 0.6 is 0 Å². The van der Waals surface area contributed by atoms with Gasteiger partial charge in [-0.25, -0.2) is 0 Å². The molecular weight excluding hydrogens is 236 g/mol. The van der Waals surface area contributed by atoms with Crippen molar-refractivity contribution in [3.63, 3.8) is 0 Å². The molecule has 1 aliphatic heterocycles. The molecule has 2 rings (SSSR count). The molecule has 1 aromatic rings. The molecule has 0 spiro atoms. The van der Waals surface area contributed by atoms with E-state index in [0.717, 1.165) is 26.3 Å². The van der Waals surface area contributed by atoms with Gasteiger partial charge in [0.25, 0.3) is 0 Å². The normalized spacial score (nSPS) is 19.7. The van der Waals surface area contributed by atoms with Crippen molar-refractivity contribution in [3.8, 4) is 6.07 Å². The van der Waals surface area contributed by atoms with Gasteiger partial charge in [-0.1, -0.05) is 25.1 Å². The fourth-order valence-corrected chi connectivity index (χ4v) is 2.60. The Labute approximate surface area is 115 Å². The van der Waals surface area contributed by atoms with Gasteiger partial charge >= 0.3 is 0 Å². The summed E-state index contributed by atoms with van der Waals surface area (Å²) in [4.78, 5) is 2.24. The first-order valence-corrected chi connectivity index (χ1v) is 6.92. The van der Waals surface area contributed by atoms with Gasteiger partial charge in [-0.2, -0.15) is 5.26 Å². The molecule has 0 N–H and O–H groups in total. The van der Waals surface area contributed by atoms with E-state index in [4.69, 9.17) is 4.74 Å². The zero-order chi connectivity index (χ0) is 13.8. The molecule has 1 heterocycles. The standard InChI is InChI=1S/C16H22N2O/c1-12-4-5-15(10-13(12)2)14(3)16(11-17)18-6-8-19-9-7-18/h4-5,10,14,16H,6-9H2,1-3H3. The lowest BCUT2D eigenvalue weighted by Crippen LogP contribution is -2.45. The second-order valence-corrected chi connectivity index (χ2v) is 5.35. The van der Waals surface area contributed by atoms with Crippen LogP contribution in [0.5, 0.6) is 0 Å². The first-order chi connectivity index (χ1) is 9.13. The van der Waals surface area contributed by atoms with E-state index < -0.39 is 0 Å². The number of nitrogens with zero attached hydrogens (tertiary/aromatic N) is 2. The summed E-state index contributed by atoms with van der Waals surface area (Å²) in [6, 6.07) is 8.92. The van der Waals surface area contributed by atoms with Gasteiger partial charge in [0.15, 0.2) is 0 Å². The minimum atomic E-state index is -0.0639. The van der Waals surface area contributed by atoms with E-state index in [2.05, 4.69) is 49.9 Å². The highest BCUT2D eigenvalue weighted by Crippen LogP contribution is 2.25. The van der Waals surface area contributed by atoms with Gasteiger partial charge in [-0.15, -0.1) is 0 Å².